The van der Waals surface area contributed by atoms with Gasteiger partial charge in [0.2, 0.25) is 0 Å². The van der Waals surface area contributed by atoms with Crippen LogP contribution in [0.2, 0.25) is 0 Å². The van der Waals surface area contributed by atoms with Crippen molar-refractivity contribution >= 4 is 5.97 Å². The van der Waals surface area contributed by atoms with Gasteiger partial charge in [-0.2, -0.15) is 0 Å². The fourth-order valence-corrected chi connectivity index (χ4v) is 1.83. The second-order valence-electron chi connectivity index (χ2n) is 4.17. The summed E-state index contributed by atoms with van der Waals surface area (Å²) in [5, 5.41) is 9.33. The van der Waals surface area contributed by atoms with Gasteiger partial charge in [-0.05, 0) is 49.9 Å². The summed E-state index contributed by atoms with van der Waals surface area (Å²) < 4.78 is 5.04. The third-order valence-electron chi connectivity index (χ3n) is 2.91. The summed E-state index contributed by atoms with van der Waals surface area (Å²) in [4.78, 5) is 11.7. The number of carbonyl (C=O) groups is 1. The lowest BCUT2D eigenvalue weighted by Gasteiger charge is -2.15. The summed E-state index contributed by atoms with van der Waals surface area (Å²) >= 11 is 0. The average molecular weight is 236 g/mol. The van der Waals surface area contributed by atoms with E-state index in [1.165, 1.54) is 0 Å². The van der Waals surface area contributed by atoms with Crippen LogP contribution in [0.5, 0.6) is 5.75 Å². The van der Waals surface area contributed by atoms with Gasteiger partial charge in [-0.25, -0.2) is 0 Å². The van der Waals surface area contributed by atoms with Gasteiger partial charge in [0.1, 0.15) is 5.75 Å². The molecule has 94 valence electrons. The maximum Gasteiger partial charge on any atom is 0.309 e. The van der Waals surface area contributed by atoms with Gasteiger partial charge >= 0.3 is 5.97 Å². The van der Waals surface area contributed by atoms with Crippen molar-refractivity contribution in [2.75, 3.05) is 6.61 Å². The molecule has 0 spiro atoms. The molecule has 0 aliphatic rings. The standard InChI is InChI=1S/C14H20O3/c1-4-11(14(16)17-5-2)9-12-6-7-13(15)8-10(12)3/h6-8,11,15H,4-5,9H2,1-3H3/t11-/m0/s1. The minimum Gasteiger partial charge on any atom is -0.508 e. The van der Waals surface area contributed by atoms with Gasteiger partial charge in [0, 0.05) is 0 Å². The molecule has 1 atom stereocenters. The van der Waals surface area contributed by atoms with Crippen molar-refractivity contribution in [2.45, 2.75) is 33.6 Å². The first-order valence-corrected chi connectivity index (χ1v) is 6.03. The molecule has 0 aliphatic carbocycles. The van der Waals surface area contributed by atoms with Gasteiger partial charge in [-0.15, -0.1) is 0 Å². The first-order valence-electron chi connectivity index (χ1n) is 6.03. The Morgan fingerprint density at radius 2 is 2.12 bits per heavy atom. The van der Waals surface area contributed by atoms with Gasteiger partial charge in [0.15, 0.2) is 0 Å². The molecule has 3 heteroatoms. The molecule has 0 amide bonds. The van der Waals surface area contributed by atoms with E-state index in [2.05, 4.69) is 0 Å². The van der Waals surface area contributed by atoms with Gasteiger partial charge in [0.25, 0.3) is 0 Å². The minimum atomic E-state index is -0.137. The number of phenolic OH excluding ortho intramolecular Hbond substituents is 1. The molecule has 1 rings (SSSR count). The van der Waals surface area contributed by atoms with Crippen LogP contribution in [0.15, 0.2) is 18.2 Å². The molecule has 0 aliphatic heterocycles. The van der Waals surface area contributed by atoms with Crippen LogP contribution in [0.1, 0.15) is 31.4 Å². The number of hydrogen-bond donors (Lipinski definition) is 1. The van der Waals surface area contributed by atoms with Crippen molar-refractivity contribution in [2.24, 2.45) is 5.92 Å². The Labute approximate surface area is 102 Å². The van der Waals surface area contributed by atoms with Crippen LogP contribution in [0.4, 0.5) is 0 Å². The van der Waals surface area contributed by atoms with E-state index in [-0.39, 0.29) is 17.6 Å². The first kappa shape index (κ1) is 13.6. The quantitative estimate of drug-likeness (QED) is 0.800. The van der Waals surface area contributed by atoms with Crippen molar-refractivity contribution in [1.29, 1.82) is 0 Å². The predicted octanol–water partition coefficient (Wildman–Crippen LogP) is 2.83. The molecule has 0 saturated carbocycles. The number of carbonyl (C=O) groups excluding carboxylic acids is 1. The van der Waals surface area contributed by atoms with Gasteiger partial charge < -0.3 is 9.84 Å². The van der Waals surface area contributed by atoms with E-state index in [4.69, 9.17) is 4.74 Å². The average Bonchev–Trinajstić information content (AvgIpc) is 2.28. The molecule has 0 radical (unpaired) electrons. The number of rotatable bonds is 5. The Morgan fingerprint density at radius 1 is 1.41 bits per heavy atom. The highest BCUT2D eigenvalue weighted by molar-refractivity contribution is 5.72. The summed E-state index contributed by atoms with van der Waals surface area (Å²) in [7, 11) is 0. The Kier molecular flexibility index (Phi) is 5.01. The summed E-state index contributed by atoms with van der Waals surface area (Å²) in [6.07, 6.45) is 1.43. The monoisotopic (exact) mass is 236 g/mol. The SMILES string of the molecule is CCOC(=O)[C@@H](CC)Cc1ccc(O)cc1C. The van der Waals surface area contributed by atoms with Crippen LogP contribution in [0, 0.1) is 12.8 Å². The molecule has 17 heavy (non-hydrogen) atoms. The van der Waals surface area contributed by atoms with E-state index < -0.39 is 0 Å². The summed E-state index contributed by atoms with van der Waals surface area (Å²) in [6, 6.07) is 5.24. The number of aromatic hydroxyl groups is 1. The molecule has 0 bridgehead atoms. The molecule has 1 aromatic rings. The maximum absolute atomic E-state index is 11.7. The smallest absolute Gasteiger partial charge is 0.309 e. The Hall–Kier alpha value is -1.51. The fourth-order valence-electron chi connectivity index (χ4n) is 1.83. The molecule has 3 nitrogen and oxygen atoms in total. The zero-order valence-electron chi connectivity index (χ0n) is 10.7. The molecule has 0 saturated heterocycles. The Morgan fingerprint density at radius 3 is 2.65 bits per heavy atom. The number of esters is 1. The zero-order valence-corrected chi connectivity index (χ0v) is 10.7. The highest BCUT2D eigenvalue weighted by Crippen LogP contribution is 2.20. The second kappa shape index (κ2) is 6.28. The van der Waals surface area contributed by atoms with Gasteiger partial charge in [-0.1, -0.05) is 13.0 Å². The summed E-state index contributed by atoms with van der Waals surface area (Å²) in [6.45, 7) is 6.16. The molecule has 1 N–H and O–H groups in total. The van der Waals surface area contributed by atoms with E-state index in [9.17, 15) is 9.90 Å². The number of hydrogen-bond acceptors (Lipinski definition) is 3. The molecule has 0 aromatic heterocycles. The molecule has 0 heterocycles. The van der Waals surface area contributed by atoms with Crippen molar-refractivity contribution < 1.29 is 14.6 Å². The fraction of sp³-hybridized carbons (Fsp3) is 0.500. The summed E-state index contributed by atoms with van der Waals surface area (Å²) in [5.74, 6) is 0.0242. The van der Waals surface area contributed by atoms with E-state index in [1.807, 2.05) is 26.8 Å². The van der Waals surface area contributed by atoms with Crippen LogP contribution in [-0.4, -0.2) is 17.7 Å². The predicted molar refractivity (Wildman–Crippen MR) is 67.0 cm³/mol. The Bertz CT molecular complexity index is 385. The van der Waals surface area contributed by atoms with Crippen molar-refractivity contribution in [3.8, 4) is 5.75 Å². The van der Waals surface area contributed by atoms with Crippen LogP contribution >= 0.6 is 0 Å². The largest absolute Gasteiger partial charge is 0.508 e. The third kappa shape index (κ3) is 3.77. The lowest BCUT2D eigenvalue weighted by molar-refractivity contribution is -0.148. The van der Waals surface area contributed by atoms with Gasteiger partial charge in [0.05, 0.1) is 12.5 Å². The van der Waals surface area contributed by atoms with Crippen LogP contribution < -0.4 is 0 Å². The number of ether oxygens (including phenoxy) is 1. The zero-order chi connectivity index (χ0) is 12.8. The maximum atomic E-state index is 11.7. The molecule has 1 aromatic carbocycles. The normalized spacial score (nSPS) is 12.2. The van der Waals surface area contributed by atoms with E-state index in [0.717, 1.165) is 17.5 Å². The van der Waals surface area contributed by atoms with Crippen molar-refractivity contribution in [1.82, 2.24) is 0 Å². The van der Waals surface area contributed by atoms with Gasteiger partial charge in [-0.3, -0.25) is 4.79 Å². The molecular weight excluding hydrogens is 216 g/mol. The van der Waals surface area contributed by atoms with E-state index in [0.29, 0.717) is 13.0 Å². The van der Waals surface area contributed by atoms with Crippen LogP contribution in [0.25, 0.3) is 0 Å². The molecular formula is C14H20O3. The summed E-state index contributed by atoms with van der Waals surface area (Å²) in [5.41, 5.74) is 2.09. The highest BCUT2D eigenvalue weighted by atomic mass is 16.5. The first-order chi connectivity index (χ1) is 8.08. The van der Waals surface area contributed by atoms with Crippen LogP contribution in [0.3, 0.4) is 0 Å². The minimum absolute atomic E-state index is 0.0989. The lowest BCUT2D eigenvalue weighted by atomic mass is 9.94. The van der Waals surface area contributed by atoms with E-state index in [1.54, 1.807) is 12.1 Å². The number of aryl methyl sites for hydroxylation is 1. The van der Waals surface area contributed by atoms with Crippen molar-refractivity contribution in [3.63, 3.8) is 0 Å². The Balaban J connectivity index is 2.77. The third-order valence-corrected chi connectivity index (χ3v) is 2.91. The molecule has 0 fully saturated rings. The number of phenols is 1. The van der Waals surface area contributed by atoms with Crippen LogP contribution in [-0.2, 0) is 16.0 Å². The highest BCUT2D eigenvalue weighted by Gasteiger charge is 2.18. The van der Waals surface area contributed by atoms with Crippen molar-refractivity contribution in [3.05, 3.63) is 29.3 Å². The van der Waals surface area contributed by atoms with E-state index >= 15 is 0 Å². The lowest BCUT2D eigenvalue weighted by Crippen LogP contribution is -2.19. The topological polar surface area (TPSA) is 46.5 Å². The molecule has 0 unspecified atom stereocenters. The number of benzene rings is 1. The second-order valence-corrected chi connectivity index (χ2v) is 4.17.